The summed E-state index contributed by atoms with van der Waals surface area (Å²) in [7, 11) is 0. The van der Waals surface area contributed by atoms with Crippen LogP contribution in [0.4, 0.5) is 4.39 Å². The van der Waals surface area contributed by atoms with Crippen LogP contribution >= 0.6 is 0 Å². The van der Waals surface area contributed by atoms with Gasteiger partial charge < -0.3 is 9.88 Å². The average molecular weight is 349 g/mol. The van der Waals surface area contributed by atoms with Crippen molar-refractivity contribution in [2.75, 3.05) is 6.54 Å². The van der Waals surface area contributed by atoms with Crippen LogP contribution in [0.25, 0.3) is 16.6 Å². The molecule has 1 atom stereocenters. The SMILES string of the molecule is C/C(=C/C(=O)N1CCCC1c1nc2ccccc2[nH]1)c1cccc(F)c1. The number of H-pyrrole nitrogens is 1. The predicted molar refractivity (Wildman–Crippen MR) is 99.8 cm³/mol. The fraction of sp³-hybridized carbons (Fsp3) is 0.238. The molecule has 26 heavy (non-hydrogen) atoms. The van der Waals surface area contributed by atoms with Gasteiger partial charge in [0.05, 0.1) is 17.1 Å². The third-order valence-electron chi connectivity index (χ3n) is 4.88. The Morgan fingerprint density at radius 2 is 2.12 bits per heavy atom. The molecule has 2 aromatic carbocycles. The second-order valence-electron chi connectivity index (χ2n) is 6.67. The third kappa shape index (κ3) is 3.12. The Morgan fingerprint density at radius 1 is 1.27 bits per heavy atom. The molecule has 1 aromatic heterocycles. The van der Waals surface area contributed by atoms with E-state index in [4.69, 9.17) is 0 Å². The highest BCUT2D eigenvalue weighted by Gasteiger charge is 2.31. The first kappa shape index (κ1) is 16.5. The molecule has 0 aliphatic carbocycles. The number of para-hydroxylation sites is 2. The maximum Gasteiger partial charge on any atom is 0.247 e. The van der Waals surface area contributed by atoms with Crippen molar-refractivity contribution in [2.24, 2.45) is 0 Å². The van der Waals surface area contributed by atoms with Gasteiger partial charge >= 0.3 is 0 Å². The zero-order chi connectivity index (χ0) is 18.1. The maximum atomic E-state index is 13.4. The molecule has 1 saturated heterocycles. The van der Waals surface area contributed by atoms with Gasteiger partial charge in [0.1, 0.15) is 11.6 Å². The summed E-state index contributed by atoms with van der Waals surface area (Å²) in [6, 6.07) is 14.1. The van der Waals surface area contributed by atoms with E-state index < -0.39 is 0 Å². The Kier molecular flexibility index (Phi) is 4.29. The molecule has 1 N–H and O–H groups in total. The number of imidazole rings is 1. The minimum atomic E-state index is -0.302. The minimum Gasteiger partial charge on any atom is -0.340 e. The van der Waals surface area contributed by atoms with Crippen LogP contribution in [0.3, 0.4) is 0 Å². The van der Waals surface area contributed by atoms with Crippen molar-refractivity contribution in [2.45, 2.75) is 25.8 Å². The van der Waals surface area contributed by atoms with Gasteiger partial charge in [-0.15, -0.1) is 0 Å². The first-order chi connectivity index (χ1) is 12.6. The minimum absolute atomic E-state index is 0.0496. The van der Waals surface area contributed by atoms with E-state index in [9.17, 15) is 9.18 Å². The number of benzene rings is 2. The molecular weight excluding hydrogens is 329 g/mol. The van der Waals surface area contributed by atoms with Crippen molar-refractivity contribution < 1.29 is 9.18 Å². The molecular formula is C21H20FN3O. The number of hydrogen-bond acceptors (Lipinski definition) is 2. The Hall–Kier alpha value is -2.95. The van der Waals surface area contributed by atoms with Crippen LogP contribution in [0.15, 0.2) is 54.6 Å². The number of allylic oxidation sites excluding steroid dienone is 1. The maximum absolute atomic E-state index is 13.4. The number of aromatic nitrogens is 2. The number of carbonyl (C=O) groups excluding carboxylic acids is 1. The normalized spacial score (nSPS) is 17.8. The average Bonchev–Trinajstić information content (AvgIpc) is 3.28. The molecule has 0 bridgehead atoms. The summed E-state index contributed by atoms with van der Waals surface area (Å²) in [4.78, 5) is 22.7. The highest BCUT2D eigenvalue weighted by atomic mass is 19.1. The Labute approximate surface area is 151 Å². The number of likely N-dealkylation sites (tertiary alicyclic amines) is 1. The number of nitrogens with one attached hydrogen (secondary N) is 1. The van der Waals surface area contributed by atoms with Gasteiger partial charge in [-0.3, -0.25) is 4.79 Å². The van der Waals surface area contributed by atoms with Gasteiger partial charge in [-0.1, -0.05) is 24.3 Å². The monoisotopic (exact) mass is 349 g/mol. The Morgan fingerprint density at radius 3 is 2.92 bits per heavy atom. The summed E-state index contributed by atoms with van der Waals surface area (Å²) < 4.78 is 13.4. The molecule has 1 aliphatic rings. The van der Waals surface area contributed by atoms with Crippen molar-refractivity contribution >= 4 is 22.5 Å². The van der Waals surface area contributed by atoms with E-state index in [0.29, 0.717) is 6.54 Å². The van der Waals surface area contributed by atoms with E-state index >= 15 is 0 Å². The molecule has 0 saturated carbocycles. The number of aromatic amines is 1. The molecule has 0 radical (unpaired) electrons. The topological polar surface area (TPSA) is 49.0 Å². The van der Waals surface area contributed by atoms with E-state index in [1.165, 1.54) is 12.1 Å². The van der Waals surface area contributed by atoms with Gasteiger partial charge in [0.15, 0.2) is 0 Å². The molecule has 0 spiro atoms. The van der Waals surface area contributed by atoms with Crippen LogP contribution in [0.5, 0.6) is 0 Å². The lowest BCUT2D eigenvalue weighted by atomic mass is 10.1. The number of halogens is 1. The lowest BCUT2D eigenvalue weighted by molar-refractivity contribution is -0.127. The summed E-state index contributed by atoms with van der Waals surface area (Å²) in [6.45, 7) is 2.53. The molecule has 3 aromatic rings. The van der Waals surface area contributed by atoms with Crippen molar-refractivity contribution in [3.63, 3.8) is 0 Å². The molecule has 132 valence electrons. The Bertz CT molecular complexity index is 959. The number of amides is 1. The molecule has 5 heteroatoms. The first-order valence-electron chi connectivity index (χ1n) is 8.81. The highest BCUT2D eigenvalue weighted by Crippen LogP contribution is 2.32. The molecule has 1 fully saturated rings. The zero-order valence-corrected chi connectivity index (χ0v) is 14.6. The highest BCUT2D eigenvalue weighted by molar-refractivity contribution is 5.95. The van der Waals surface area contributed by atoms with Gasteiger partial charge in [0.25, 0.3) is 0 Å². The largest absolute Gasteiger partial charge is 0.340 e. The smallest absolute Gasteiger partial charge is 0.247 e. The van der Waals surface area contributed by atoms with Gasteiger partial charge in [-0.25, -0.2) is 9.37 Å². The van der Waals surface area contributed by atoms with E-state index in [-0.39, 0.29) is 17.8 Å². The van der Waals surface area contributed by atoms with Gasteiger partial charge in [0, 0.05) is 12.6 Å². The number of fused-ring (bicyclic) bond motifs is 1. The molecule has 2 heterocycles. The van der Waals surface area contributed by atoms with Crippen LogP contribution in [0, 0.1) is 5.82 Å². The molecule has 4 nitrogen and oxygen atoms in total. The summed E-state index contributed by atoms with van der Waals surface area (Å²) >= 11 is 0. The summed E-state index contributed by atoms with van der Waals surface area (Å²) in [5.74, 6) is 0.465. The van der Waals surface area contributed by atoms with E-state index in [0.717, 1.165) is 40.8 Å². The number of hydrogen-bond donors (Lipinski definition) is 1. The van der Waals surface area contributed by atoms with Crippen molar-refractivity contribution in [1.82, 2.24) is 14.9 Å². The molecule has 1 aliphatic heterocycles. The van der Waals surface area contributed by atoms with Crippen molar-refractivity contribution in [1.29, 1.82) is 0 Å². The van der Waals surface area contributed by atoms with Gasteiger partial charge in [-0.05, 0) is 55.2 Å². The third-order valence-corrected chi connectivity index (χ3v) is 4.88. The van der Waals surface area contributed by atoms with Gasteiger partial charge in [-0.2, -0.15) is 0 Å². The quantitative estimate of drug-likeness (QED) is 0.709. The van der Waals surface area contributed by atoms with Crippen molar-refractivity contribution in [3.05, 3.63) is 71.8 Å². The van der Waals surface area contributed by atoms with Crippen LogP contribution in [-0.4, -0.2) is 27.3 Å². The second kappa shape index (κ2) is 6.75. The lowest BCUT2D eigenvalue weighted by Crippen LogP contribution is -2.29. The zero-order valence-electron chi connectivity index (χ0n) is 14.6. The van der Waals surface area contributed by atoms with Gasteiger partial charge in [0.2, 0.25) is 5.91 Å². The molecule has 1 amide bonds. The summed E-state index contributed by atoms with van der Waals surface area (Å²) in [5.41, 5.74) is 3.36. The predicted octanol–water partition coefficient (Wildman–Crippen LogP) is 4.47. The van der Waals surface area contributed by atoms with Crippen LogP contribution in [0.2, 0.25) is 0 Å². The summed E-state index contributed by atoms with van der Waals surface area (Å²) in [6.07, 6.45) is 3.43. The van der Waals surface area contributed by atoms with Crippen LogP contribution < -0.4 is 0 Å². The van der Waals surface area contributed by atoms with E-state index in [2.05, 4.69) is 9.97 Å². The second-order valence-corrected chi connectivity index (χ2v) is 6.67. The fourth-order valence-electron chi connectivity index (χ4n) is 3.53. The van der Waals surface area contributed by atoms with Crippen LogP contribution in [-0.2, 0) is 4.79 Å². The number of carbonyl (C=O) groups is 1. The van der Waals surface area contributed by atoms with Crippen LogP contribution in [0.1, 0.15) is 37.2 Å². The number of nitrogens with zero attached hydrogens (tertiary/aromatic N) is 2. The standard InChI is InChI=1S/C21H20FN3O/c1-14(15-6-4-7-16(22)13-15)12-20(26)25-11-5-10-19(25)21-23-17-8-2-3-9-18(17)24-21/h2-4,6-9,12-13,19H,5,10-11H2,1H3,(H,23,24)/b14-12-. The fourth-order valence-corrected chi connectivity index (χ4v) is 3.53. The molecule has 4 rings (SSSR count). The van der Waals surface area contributed by atoms with E-state index in [1.807, 2.05) is 42.2 Å². The lowest BCUT2D eigenvalue weighted by Gasteiger charge is -2.22. The first-order valence-corrected chi connectivity index (χ1v) is 8.81. The van der Waals surface area contributed by atoms with Crippen molar-refractivity contribution in [3.8, 4) is 0 Å². The summed E-state index contributed by atoms with van der Waals surface area (Å²) in [5, 5.41) is 0. The van der Waals surface area contributed by atoms with E-state index in [1.54, 1.807) is 12.1 Å². The number of rotatable bonds is 3. The molecule has 1 unspecified atom stereocenters. The Balaban J connectivity index is 1.59.